The molecule has 1 fully saturated rings. The minimum atomic E-state index is -0.659. The van der Waals surface area contributed by atoms with E-state index in [1.165, 1.54) is 0 Å². The summed E-state index contributed by atoms with van der Waals surface area (Å²) >= 11 is 0. The molecule has 0 radical (unpaired) electrons. The highest BCUT2D eigenvalue weighted by Crippen LogP contribution is 2.09. The molecule has 5 heteroatoms. The fourth-order valence-electron chi connectivity index (χ4n) is 2.30. The molecule has 5 nitrogen and oxygen atoms in total. The number of nitriles is 1. The van der Waals surface area contributed by atoms with Gasteiger partial charge in [-0.2, -0.15) is 5.26 Å². The first-order chi connectivity index (χ1) is 8.93. The van der Waals surface area contributed by atoms with E-state index >= 15 is 0 Å². The number of rotatable bonds is 7. The maximum atomic E-state index is 8.87. The van der Waals surface area contributed by atoms with Crippen LogP contribution in [0.4, 0.5) is 0 Å². The molecule has 1 rings (SSSR count). The molecule has 0 aromatic heterocycles. The summed E-state index contributed by atoms with van der Waals surface area (Å²) in [5.74, 6) is 0. The molecule has 1 unspecified atom stereocenters. The van der Waals surface area contributed by atoms with Gasteiger partial charge in [0, 0.05) is 39.3 Å². The monoisotopic (exact) mass is 267 g/mol. The fraction of sp³-hybridized carbons (Fsp3) is 0.929. The third kappa shape index (κ3) is 6.88. The van der Waals surface area contributed by atoms with Crippen LogP contribution in [-0.2, 0) is 0 Å². The minimum absolute atomic E-state index is 0.659. The summed E-state index contributed by atoms with van der Waals surface area (Å²) in [6.07, 6.45) is 1.79. The first-order valence-electron chi connectivity index (χ1n) is 7.22. The second-order valence-corrected chi connectivity index (χ2v) is 6.12. The topological polar surface area (TPSA) is 59.5 Å². The predicted octanol–water partition coefficient (Wildman–Crippen LogP) is 0.187. The summed E-state index contributed by atoms with van der Waals surface area (Å²) in [5.41, 5.74) is 5.17. The Bertz CT molecular complexity index is 287. The molecule has 0 aromatic carbocycles. The summed E-state index contributed by atoms with van der Waals surface area (Å²) in [7, 11) is 4.24. The normalized spacial score (nSPS) is 21.3. The quantitative estimate of drug-likeness (QED) is 0.713. The van der Waals surface area contributed by atoms with Gasteiger partial charge in [0.15, 0.2) is 0 Å². The molecule has 2 N–H and O–H groups in total. The van der Waals surface area contributed by atoms with Crippen LogP contribution in [0.3, 0.4) is 0 Å². The van der Waals surface area contributed by atoms with Crippen LogP contribution in [0.2, 0.25) is 0 Å². The second-order valence-electron chi connectivity index (χ2n) is 6.12. The maximum Gasteiger partial charge on any atom is 0.101 e. The Hall–Kier alpha value is -0.670. The van der Waals surface area contributed by atoms with Gasteiger partial charge in [-0.15, -0.1) is 0 Å². The Kier molecular flexibility index (Phi) is 6.73. The summed E-state index contributed by atoms with van der Waals surface area (Å²) in [6, 6.07) is 2.16. The molecule has 0 bridgehead atoms. The lowest BCUT2D eigenvalue weighted by Crippen LogP contribution is -2.48. The van der Waals surface area contributed by atoms with Crippen LogP contribution in [0.25, 0.3) is 0 Å². The average molecular weight is 267 g/mol. The van der Waals surface area contributed by atoms with Gasteiger partial charge < -0.3 is 15.5 Å². The molecule has 1 aliphatic rings. The van der Waals surface area contributed by atoms with Crippen molar-refractivity contribution in [2.24, 2.45) is 5.73 Å². The summed E-state index contributed by atoms with van der Waals surface area (Å²) in [5, 5.41) is 8.87. The maximum absolute atomic E-state index is 8.87. The van der Waals surface area contributed by atoms with Crippen molar-refractivity contribution in [3.63, 3.8) is 0 Å². The van der Waals surface area contributed by atoms with Crippen molar-refractivity contribution in [2.45, 2.75) is 25.3 Å². The van der Waals surface area contributed by atoms with Gasteiger partial charge in [-0.1, -0.05) is 0 Å². The Morgan fingerprint density at radius 1 is 1.16 bits per heavy atom. The van der Waals surface area contributed by atoms with Crippen molar-refractivity contribution in [2.75, 3.05) is 59.9 Å². The number of nitrogens with zero attached hydrogens (tertiary/aromatic N) is 4. The molecule has 110 valence electrons. The minimum Gasteiger partial charge on any atom is -0.314 e. The lowest BCUT2D eigenvalue weighted by molar-refractivity contribution is 0.123. The first kappa shape index (κ1) is 16.4. The molecule has 19 heavy (non-hydrogen) atoms. The largest absolute Gasteiger partial charge is 0.314 e. The Morgan fingerprint density at radius 2 is 1.68 bits per heavy atom. The molecule has 0 aromatic rings. The Labute approximate surface area is 117 Å². The number of hydrogen-bond acceptors (Lipinski definition) is 5. The van der Waals surface area contributed by atoms with Crippen molar-refractivity contribution >= 4 is 0 Å². The van der Waals surface area contributed by atoms with Crippen LogP contribution in [0, 0.1) is 11.3 Å². The van der Waals surface area contributed by atoms with Crippen LogP contribution in [-0.4, -0.2) is 80.1 Å². The summed E-state index contributed by atoms with van der Waals surface area (Å²) < 4.78 is 0. The van der Waals surface area contributed by atoms with Gasteiger partial charge in [0.1, 0.15) is 5.54 Å². The number of likely N-dealkylation sites (N-methyl/N-ethyl adjacent to an activating group) is 1. The second kappa shape index (κ2) is 7.81. The van der Waals surface area contributed by atoms with E-state index in [0.717, 1.165) is 58.7 Å². The Morgan fingerprint density at radius 3 is 2.16 bits per heavy atom. The molecule has 0 saturated carbocycles. The number of piperazine rings is 1. The smallest absolute Gasteiger partial charge is 0.101 e. The van der Waals surface area contributed by atoms with Gasteiger partial charge in [0.05, 0.1) is 6.07 Å². The van der Waals surface area contributed by atoms with Crippen molar-refractivity contribution in [1.29, 1.82) is 5.26 Å². The molecule has 1 saturated heterocycles. The summed E-state index contributed by atoms with van der Waals surface area (Å²) in [6.45, 7) is 9.77. The van der Waals surface area contributed by atoms with Crippen LogP contribution < -0.4 is 5.73 Å². The van der Waals surface area contributed by atoms with Crippen LogP contribution in [0.1, 0.15) is 19.8 Å². The van der Waals surface area contributed by atoms with Crippen LogP contribution in [0.5, 0.6) is 0 Å². The van der Waals surface area contributed by atoms with Gasteiger partial charge in [0.25, 0.3) is 0 Å². The lowest BCUT2D eigenvalue weighted by Gasteiger charge is -2.35. The van der Waals surface area contributed by atoms with Crippen molar-refractivity contribution in [3.05, 3.63) is 0 Å². The standard InChI is InChI=1S/C14H29N5/c1-14(16,13-15)5-4-6-18-9-11-19(12-10-18)8-7-17(2)3/h4-12,16H2,1-3H3. The van der Waals surface area contributed by atoms with Crippen molar-refractivity contribution in [3.8, 4) is 6.07 Å². The molecule has 0 aliphatic carbocycles. The molecule has 0 spiro atoms. The van der Waals surface area contributed by atoms with E-state index in [0.29, 0.717) is 0 Å². The average Bonchev–Trinajstić information content (AvgIpc) is 2.37. The SMILES string of the molecule is CN(C)CCN1CCN(CCCC(C)(N)C#N)CC1. The van der Waals surface area contributed by atoms with E-state index in [1.807, 2.05) is 6.92 Å². The van der Waals surface area contributed by atoms with E-state index in [4.69, 9.17) is 11.0 Å². The van der Waals surface area contributed by atoms with Crippen molar-refractivity contribution < 1.29 is 0 Å². The molecule has 0 amide bonds. The molecule has 1 atom stereocenters. The van der Waals surface area contributed by atoms with Gasteiger partial charge >= 0.3 is 0 Å². The van der Waals surface area contributed by atoms with Gasteiger partial charge in [0.2, 0.25) is 0 Å². The predicted molar refractivity (Wildman–Crippen MR) is 78.9 cm³/mol. The zero-order chi connectivity index (χ0) is 14.3. The lowest BCUT2D eigenvalue weighted by atomic mass is 9.99. The molecule has 1 aliphatic heterocycles. The molecular formula is C14H29N5. The highest BCUT2D eigenvalue weighted by atomic mass is 15.3. The van der Waals surface area contributed by atoms with E-state index in [2.05, 4.69) is 34.9 Å². The van der Waals surface area contributed by atoms with Gasteiger partial charge in [-0.05, 0) is 40.4 Å². The van der Waals surface area contributed by atoms with E-state index in [-0.39, 0.29) is 0 Å². The van der Waals surface area contributed by atoms with Gasteiger partial charge in [-0.25, -0.2) is 0 Å². The zero-order valence-corrected chi connectivity index (χ0v) is 12.7. The third-order valence-electron chi connectivity index (χ3n) is 3.75. The van der Waals surface area contributed by atoms with Gasteiger partial charge in [-0.3, -0.25) is 4.90 Å². The zero-order valence-electron chi connectivity index (χ0n) is 12.7. The third-order valence-corrected chi connectivity index (χ3v) is 3.75. The van der Waals surface area contributed by atoms with Crippen LogP contribution in [0.15, 0.2) is 0 Å². The molecular weight excluding hydrogens is 238 g/mol. The number of nitrogens with two attached hydrogens (primary N) is 1. The van der Waals surface area contributed by atoms with Crippen molar-refractivity contribution in [1.82, 2.24) is 14.7 Å². The molecule has 1 heterocycles. The number of hydrogen-bond donors (Lipinski definition) is 1. The Balaban J connectivity index is 2.12. The van der Waals surface area contributed by atoms with E-state index in [9.17, 15) is 0 Å². The highest BCUT2D eigenvalue weighted by Gasteiger charge is 2.19. The van der Waals surface area contributed by atoms with E-state index in [1.54, 1.807) is 0 Å². The van der Waals surface area contributed by atoms with Crippen LogP contribution >= 0.6 is 0 Å². The first-order valence-corrected chi connectivity index (χ1v) is 7.22. The summed E-state index contributed by atoms with van der Waals surface area (Å²) in [4.78, 5) is 7.24. The van der Waals surface area contributed by atoms with E-state index < -0.39 is 5.54 Å². The highest BCUT2D eigenvalue weighted by molar-refractivity contribution is 5.00. The fourth-order valence-corrected chi connectivity index (χ4v) is 2.30.